The molecule has 2 unspecified atom stereocenters. The second-order valence-electron chi connectivity index (χ2n) is 13.3. The Morgan fingerprint density at radius 2 is 1.29 bits per heavy atom. The number of hydrogen-bond acceptors (Lipinski definition) is 7. The summed E-state index contributed by atoms with van der Waals surface area (Å²) in [5, 5.41) is 2.89. The third-order valence-electron chi connectivity index (χ3n) is 8.21. The molecule has 0 saturated carbocycles. The summed E-state index contributed by atoms with van der Waals surface area (Å²) < 4.78 is 29.2. The number of nitrogens with one attached hydrogen (secondary N) is 1. The zero-order valence-corrected chi connectivity index (χ0v) is 29.8. The maximum absolute atomic E-state index is 12.3. The molecule has 9 heteroatoms. The van der Waals surface area contributed by atoms with Crippen LogP contribution in [0.1, 0.15) is 157 Å². The van der Waals surface area contributed by atoms with Crippen molar-refractivity contribution < 1.29 is 33.3 Å². The maximum Gasteiger partial charge on any atom is 0.306 e. The van der Waals surface area contributed by atoms with Gasteiger partial charge in [0.25, 0.3) is 5.91 Å². The summed E-state index contributed by atoms with van der Waals surface area (Å²) in [6.07, 6.45) is 19.0. The van der Waals surface area contributed by atoms with Crippen molar-refractivity contribution in [2.45, 2.75) is 200 Å². The average molecular weight is 638 g/mol. The van der Waals surface area contributed by atoms with Gasteiger partial charge in [-0.3, -0.25) is 9.59 Å². The Labute approximate surface area is 277 Å². The van der Waals surface area contributed by atoms with Gasteiger partial charge in [-0.25, -0.2) is 0 Å². The highest BCUT2D eigenvalue weighted by Crippen LogP contribution is 2.27. The minimum Gasteiger partial charge on any atom is -0.453 e. The fourth-order valence-electron chi connectivity index (χ4n) is 5.60. The van der Waals surface area contributed by atoms with Crippen LogP contribution in [0.4, 0.5) is 0 Å². The number of unbranched alkanes of at least 4 members (excludes halogenated alkanes) is 15. The van der Waals surface area contributed by atoms with E-state index in [0.717, 1.165) is 44.9 Å². The molecule has 0 spiro atoms. The Balaban J connectivity index is 2.04. The summed E-state index contributed by atoms with van der Waals surface area (Å²) in [7, 11) is 6.22. The van der Waals surface area contributed by atoms with Crippen molar-refractivity contribution in [2.24, 2.45) is 0 Å². The SMILES string of the molecule is [B][C@@H]1O[C@H](COC(C)C)C(OC(C)C)[C@@H]1OCCCCCCNC(=O)C(C)OC(=O)CCCCCCCCCCCCCCC. The molecule has 1 aliphatic heterocycles. The fraction of sp³-hybridized carbons (Fsp3) is 0.944. The number of carbonyl (C=O) groups excluding carboxylic acids is 2. The number of rotatable bonds is 29. The molecule has 1 aliphatic rings. The van der Waals surface area contributed by atoms with E-state index in [1.807, 2.05) is 27.7 Å². The molecule has 1 rings (SSSR count). The highest BCUT2D eigenvalue weighted by atomic mass is 16.6. The van der Waals surface area contributed by atoms with Gasteiger partial charge < -0.3 is 29.0 Å². The second kappa shape index (κ2) is 26.9. The van der Waals surface area contributed by atoms with E-state index in [4.69, 9.17) is 31.5 Å². The van der Waals surface area contributed by atoms with Crippen LogP contribution in [0, 0.1) is 0 Å². The number of esters is 1. The number of amides is 1. The average Bonchev–Trinajstić information content (AvgIpc) is 3.28. The third kappa shape index (κ3) is 21.4. The number of carbonyl (C=O) groups is 2. The van der Waals surface area contributed by atoms with Crippen molar-refractivity contribution in [3.8, 4) is 0 Å². The van der Waals surface area contributed by atoms with E-state index in [1.54, 1.807) is 6.92 Å². The van der Waals surface area contributed by atoms with Crippen molar-refractivity contribution in [2.75, 3.05) is 19.8 Å². The molecular formula is C36H68BNO7. The maximum atomic E-state index is 12.3. The van der Waals surface area contributed by atoms with E-state index in [0.29, 0.717) is 26.2 Å². The summed E-state index contributed by atoms with van der Waals surface area (Å²) in [4.78, 5) is 24.5. The molecule has 8 nitrogen and oxygen atoms in total. The summed E-state index contributed by atoms with van der Waals surface area (Å²) in [6.45, 7) is 13.4. The van der Waals surface area contributed by atoms with Gasteiger partial charge in [0.2, 0.25) is 0 Å². The van der Waals surface area contributed by atoms with Crippen LogP contribution < -0.4 is 5.32 Å². The van der Waals surface area contributed by atoms with Crippen molar-refractivity contribution in [1.29, 1.82) is 0 Å². The first-order valence-electron chi connectivity index (χ1n) is 18.4. The van der Waals surface area contributed by atoms with Crippen LogP contribution in [0.2, 0.25) is 0 Å². The predicted molar refractivity (Wildman–Crippen MR) is 183 cm³/mol. The van der Waals surface area contributed by atoms with Gasteiger partial charge in [0.05, 0.1) is 18.8 Å². The fourth-order valence-corrected chi connectivity index (χ4v) is 5.60. The molecule has 0 bridgehead atoms. The molecule has 5 atom stereocenters. The Kier molecular flexibility index (Phi) is 25.0. The highest BCUT2D eigenvalue weighted by Gasteiger charge is 2.44. The molecule has 2 radical (unpaired) electrons. The quantitative estimate of drug-likeness (QED) is 0.0514. The monoisotopic (exact) mass is 638 g/mol. The van der Waals surface area contributed by atoms with Crippen LogP contribution in [0.3, 0.4) is 0 Å². The number of hydrogen-bond donors (Lipinski definition) is 1. The standard InChI is InChI=1S/C36H68BNO7/c1-7-8-9-10-11-12-13-14-15-16-17-18-21-24-32(39)44-30(6)36(40)38-25-22-19-20-23-26-41-34-33(43-29(4)5)31(45-35(34)37)27-42-28(2)3/h28-31,33-35H,7-27H2,1-6H3,(H,38,40)/t30?,31-,33?,34+,35-/m1/s1. The smallest absolute Gasteiger partial charge is 0.306 e. The van der Waals surface area contributed by atoms with E-state index in [-0.39, 0.29) is 42.4 Å². The number of ether oxygens (including phenoxy) is 5. The van der Waals surface area contributed by atoms with Gasteiger partial charge >= 0.3 is 5.97 Å². The lowest BCUT2D eigenvalue weighted by molar-refractivity contribution is -0.154. The van der Waals surface area contributed by atoms with Gasteiger partial charge in [-0.15, -0.1) is 0 Å². The van der Waals surface area contributed by atoms with Crippen LogP contribution in [-0.4, -0.2) is 82.1 Å². The molecule has 1 saturated heterocycles. The second-order valence-corrected chi connectivity index (χ2v) is 13.3. The predicted octanol–water partition coefficient (Wildman–Crippen LogP) is 7.57. The van der Waals surface area contributed by atoms with E-state index in [1.165, 1.54) is 64.2 Å². The van der Waals surface area contributed by atoms with Gasteiger partial charge in [0.1, 0.15) is 26.2 Å². The largest absolute Gasteiger partial charge is 0.453 e. The van der Waals surface area contributed by atoms with Crippen LogP contribution in [0.5, 0.6) is 0 Å². The highest BCUT2D eigenvalue weighted by molar-refractivity contribution is 6.11. The van der Waals surface area contributed by atoms with Crippen molar-refractivity contribution in [3.63, 3.8) is 0 Å². The van der Waals surface area contributed by atoms with E-state index < -0.39 is 12.1 Å². The van der Waals surface area contributed by atoms with Crippen molar-refractivity contribution in [1.82, 2.24) is 5.32 Å². The van der Waals surface area contributed by atoms with E-state index in [2.05, 4.69) is 12.2 Å². The first kappa shape index (κ1) is 41.9. The van der Waals surface area contributed by atoms with Crippen LogP contribution in [0.15, 0.2) is 0 Å². The summed E-state index contributed by atoms with van der Waals surface area (Å²) in [5.41, 5.74) is 0. The summed E-state index contributed by atoms with van der Waals surface area (Å²) in [5.74, 6) is -0.521. The minimum absolute atomic E-state index is 0.0297. The lowest BCUT2D eigenvalue weighted by atomic mass is 9.92. The van der Waals surface area contributed by atoms with Crippen molar-refractivity contribution >= 4 is 19.7 Å². The third-order valence-corrected chi connectivity index (χ3v) is 8.21. The molecule has 0 aromatic rings. The molecule has 1 N–H and O–H groups in total. The Morgan fingerprint density at radius 1 is 0.733 bits per heavy atom. The van der Waals surface area contributed by atoms with Crippen LogP contribution >= 0.6 is 0 Å². The lowest BCUT2D eigenvalue weighted by Crippen LogP contribution is -2.41. The van der Waals surface area contributed by atoms with Gasteiger partial charge in [0, 0.05) is 25.6 Å². The van der Waals surface area contributed by atoms with E-state index in [9.17, 15) is 9.59 Å². The Morgan fingerprint density at radius 3 is 1.87 bits per heavy atom. The molecule has 45 heavy (non-hydrogen) atoms. The molecule has 0 aromatic heterocycles. The summed E-state index contributed by atoms with van der Waals surface area (Å²) >= 11 is 0. The molecule has 1 amide bonds. The molecule has 1 heterocycles. The lowest BCUT2D eigenvalue weighted by Gasteiger charge is -2.26. The zero-order chi connectivity index (χ0) is 33.3. The van der Waals surface area contributed by atoms with E-state index >= 15 is 0 Å². The Bertz CT molecular complexity index is 738. The molecule has 0 aromatic carbocycles. The first-order chi connectivity index (χ1) is 21.6. The van der Waals surface area contributed by atoms with Crippen molar-refractivity contribution in [3.05, 3.63) is 0 Å². The van der Waals surface area contributed by atoms with Gasteiger partial charge in [0.15, 0.2) is 6.10 Å². The normalized spacial score (nSPS) is 20.6. The summed E-state index contributed by atoms with van der Waals surface area (Å²) in [6, 6.07) is -0.546. The topological polar surface area (TPSA) is 92.3 Å². The molecule has 262 valence electrons. The van der Waals surface area contributed by atoms with Gasteiger partial charge in [-0.2, -0.15) is 0 Å². The molecular weight excluding hydrogens is 569 g/mol. The van der Waals surface area contributed by atoms with Crippen LogP contribution in [-0.2, 0) is 33.3 Å². The van der Waals surface area contributed by atoms with Gasteiger partial charge in [-0.05, 0) is 53.9 Å². The van der Waals surface area contributed by atoms with Gasteiger partial charge in [-0.1, -0.05) is 96.8 Å². The molecule has 1 fully saturated rings. The van der Waals surface area contributed by atoms with Crippen LogP contribution in [0.25, 0.3) is 0 Å². The first-order valence-corrected chi connectivity index (χ1v) is 18.4. The zero-order valence-electron chi connectivity index (χ0n) is 29.8. The Hall–Kier alpha value is -1.16. The minimum atomic E-state index is -0.763. The molecule has 0 aliphatic carbocycles.